The molecule has 17 heavy (non-hydrogen) atoms. The molecule has 1 rings (SSSR count). The molecule has 1 atom stereocenters. The average molecular weight is 263 g/mol. The number of nitrogens with zero attached hydrogens (tertiary/aromatic N) is 1. The van der Waals surface area contributed by atoms with Crippen molar-refractivity contribution in [2.45, 2.75) is 33.1 Å². The van der Waals surface area contributed by atoms with Crippen LogP contribution in [-0.2, 0) is 14.8 Å². The Bertz CT molecular complexity index is 364. The number of hydrogen-bond acceptors (Lipinski definition) is 3. The topological polar surface area (TPSA) is 74.7 Å². The zero-order chi connectivity index (χ0) is 13.1. The van der Waals surface area contributed by atoms with Gasteiger partial charge in [-0.2, -0.15) is 0 Å². The van der Waals surface area contributed by atoms with Crippen LogP contribution in [0.15, 0.2) is 0 Å². The highest BCUT2D eigenvalue weighted by molar-refractivity contribution is 7.89. The summed E-state index contributed by atoms with van der Waals surface area (Å²) in [6.45, 7) is 5.20. The van der Waals surface area contributed by atoms with Crippen LogP contribution < -0.4 is 0 Å². The van der Waals surface area contributed by atoms with Crippen LogP contribution in [0.4, 0.5) is 0 Å². The predicted molar refractivity (Wildman–Crippen MR) is 65.2 cm³/mol. The van der Waals surface area contributed by atoms with Gasteiger partial charge in [0.25, 0.3) is 0 Å². The molecule has 1 unspecified atom stereocenters. The van der Waals surface area contributed by atoms with Crippen molar-refractivity contribution in [3.63, 3.8) is 0 Å². The lowest BCUT2D eigenvalue weighted by molar-refractivity contribution is -0.134. The standard InChI is InChI=1S/C11H21NO4S/c1-9(2)10-4-3-6-12(7-5-10)17(15,16)8-11(13)14/h9-10H,3-8H2,1-2H3,(H,13,14). The van der Waals surface area contributed by atoms with E-state index in [9.17, 15) is 13.2 Å². The monoisotopic (exact) mass is 263 g/mol. The minimum absolute atomic E-state index is 0.457. The molecule has 0 bridgehead atoms. The van der Waals surface area contributed by atoms with Gasteiger partial charge in [0, 0.05) is 13.1 Å². The van der Waals surface area contributed by atoms with Gasteiger partial charge in [-0.05, 0) is 31.1 Å². The van der Waals surface area contributed by atoms with Crippen molar-refractivity contribution in [3.8, 4) is 0 Å². The number of carbonyl (C=O) groups is 1. The lowest BCUT2D eigenvalue weighted by Gasteiger charge is -2.20. The maximum absolute atomic E-state index is 11.8. The molecule has 6 heteroatoms. The molecule has 0 aromatic heterocycles. The average Bonchev–Trinajstić information content (AvgIpc) is 2.40. The highest BCUT2D eigenvalue weighted by Crippen LogP contribution is 2.25. The molecule has 0 aliphatic carbocycles. The highest BCUT2D eigenvalue weighted by atomic mass is 32.2. The van der Waals surface area contributed by atoms with E-state index in [1.807, 2.05) is 0 Å². The van der Waals surface area contributed by atoms with Gasteiger partial charge in [-0.3, -0.25) is 4.79 Å². The van der Waals surface area contributed by atoms with Crippen molar-refractivity contribution < 1.29 is 18.3 Å². The van der Waals surface area contributed by atoms with Gasteiger partial charge in [-0.1, -0.05) is 13.8 Å². The van der Waals surface area contributed by atoms with Crippen molar-refractivity contribution in [2.75, 3.05) is 18.8 Å². The van der Waals surface area contributed by atoms with Crippen molar-refractivity contribution in [1.82, 2.24) is 4.31 Å². The summed E-state index contributed by atoms with van der Waals surface area (Å²) in [5, 5.41) is 8.58. The Hall–Kier alpha value is -0.620. The third kappa shape index (κ3) is 4.27. The summed E-state index contributed by atoms with van der Waals surface area (Å²) in [6.07, 6.45) is 2.68. The molecule has 0 aromatic rings. The number of carboxylic acids is 1. The maximum atomic E-state index is 11.8. The summed E-state index contributed by atoms with van der Waals surface area (Å²) < 4.78 is 24.9. The Morgan fingerprint density at radius 2 is 2.00 bits per heavy atom. The van der Waals surface area contributed by atoms with E-state index in [2.05, 4.69) is 13.8 Å². The van der Waals surface area contributed by atoms with E-state index in [0.29, 0.717) is 24.9 Å². The number of hydrogen-bond donors (Lipinski definition) is 1. The zero-order valence-electron chi connectivity index (χ0n) is 10.4. The first-order valence-electron chi connectivity index (χ1n) is 6.02. The van der Waals surface area contributed by atoms with Crippen LogP contribution in [0, 0.1) is 11.8 Å². The second-order valence-electron chi connectivity index (χ2n) is 4.98. The predicted octanol–water partition coefficient (Wildman–Crippen LogP) is 1.16. The van der Waals surface area contributed by atoms with E-state index in [-0.39, 0.29) is 0 Å². The van der Waals surface area contributed by atoms with E-state index >= 15 is 0 Å². The van der Waals surface area contributed by atoms with Gasteiger partial charge < -0.3 is 5.11 Å². The van der Waals surface area contributed by atoms with Crippen molar-refractivity contribution in [3.05, 3.63) is 0 Å². The molecule has 0 saturated carbocycles. The van der Waals surface area contributed by atoms with Crippen LogP contribution in [0.5, 0.6) is 0 Å². The van der Waals surface area contributed by atoms with Gasteiger partial charge in [0.2, 0.25) is 10.0 Å². The van der Waals surface area contributed by atoms with Crippen LogP contribution in [0.25, 0.3) is 0 Å². The SMILES string of the molecule is CC(C)C1CCCN(S(=O)(=O)CC(=O)O)CC1. The summed E-state index contributed by atoms with van der Waals surface area (Å²) >= 11 is 0. The maximum Gasteiger partial charge on any atom is 0.320 e. The van der Waals surface area contributed by atoms with Gasteiger partial charge in [0.1, 0.15) is 0 Å². The van der Waals surface area contributed by atoms with Crippen LogP contribution in [-0.4, -0.2) is 42.6 Å². The molecule has 1 N–H and O–H groups in total. The van der Waals surface area contributed by atoms with Gasteiger partial charge in [-0.25, -0.2) is 12.7 Å². The highest BCUT2D eigenvalue weighted by Gasteiger charge is 2.28. The van der Waals surface area contributed by atoms with E-state index in [1.54, 1.807) is 0 Å². The second-order valence-corrected chi connectivity index (χ2v) is 6.95. The fourth-order valence-corrected chi connectivity index (χ4v) is 3.57. The summed E-state index contributed by atoms with van der Waals surface area (Å²) in [5.74, 6) is -0.980. The number of carboxylic acid groups (broad SMARTS) is 1. The Labute approximate surface area is 103 Å². The van der Waals surface area contributed by atoms with Crippen LogP contribution in [0.1, 0.15) is 33.1 Å². The molecule has 1 aliphatic heterocycles. The molecule has 0 radical (unpaired) electrons. The zero-order valence-corrected chi connectivity index (χ0v) is 11.2. The lowest BCUT2D eigenvalue weighted by atomic mass is 9.89. The van der Waals surface area contributed by atoms with E-state index in [0.717, 1.165) is 19.3 Å². The first-order chi connectivity index (χ1) is 7.83. The summed E-state index contributed by atoms with van der Waals surface area (Å²) in [5.41, 5.74) is 0. The minimum Gasteiger partial charge on any atom is -0.480 e. The molecule has 1 heterocycles. The van der Waals surface area contributed by atoms with Gasteiger partial charge >= 0.3 is 5.97 Å². The Balaban J connectivity index is 2.65. The molecule has 0 amide bonds. The minimum atomic E-state index is -3.62. The molecule has 1 saturated heterocycles. The van der Waals surface area contributed by atoms with Gasteiger partial charge in [-0.15, -0.1) is 0 Å². The number of aliphatic carboxylic acids is 1. The molecule has 1 fully saturated rings. The van der Waals surface area contributed by atoms with Crippen molar-refractivity contribution in [2.24, 2.45) is 11.8 Å². The quantitative estimate of drug-likeness (QED) is 0.826. The molecular weight excluding hydrogens is 242 g/mol. The summed E-state index contributed by atoms with van der Waals surface area (Å²) in [4.78, 5) is 10.5. The smallest absolute Gasteiger partial charge is 0.320 e. The molecule has 5 nitrogen and oxygen atoms in total. The lowest BCUT2D eigenvalue weighted by Crippen LogP contribution is -2.36. The Kier molecular flexibility index (Phi) is 4.94. The van der Waals surface area contributed by atoms with Crippen LogP contribution >= 0.6 is 0 Å². The van der Waals surface area contributed by atoms with E-state index in [1.165, 1.54) is 4.31 Å². The fourth-order valence-electron chi connectivity index (χ4n) is 2.29. The van der Waals surface area contributed by atoms with Crippen molar-refractivity contribution >= 4 is 16.0 Å². The van der Waals surface area contributed by atoms with Crippen LogP contribution in [0.3, 0.4) is 0 Å². The Morgan fingerprint density at radius 3 is 2.53 bits per heavy atom. The molecule has 1 aliphatic rings. The normalized spacial score (nSPS) is 23.6. The van der Waals surface area contributed by atoms with Gasteiger partial charge in [0.05, 0.1) is 0 Å². The largest absolute Gasteiger partial charge is 0.480 e. The third-order valence-corrected chi connectivity index (χ3v) is 5.14. The Morgan fingerprint density at radius 1 is 1.35 bits per heavy atom. The molecular formula is C11H21NO4S. The first-order valence-corrected chi connectivity index (χ1v) is 7.63. The van der Waals surface area contributed by atoms with E-state index < -0.39 is 21.7 Å². The summed E-state index contributed by atoms with van der Waals surface area (Å²) in [6, 6.07) is 0. The van der Waals surface area contributed by atoms with Crippen LogP contribution in [0.2, 0.25) is 0 Å². The number of sulfonamides is 1. The molecule has 0 spiro atoms. The molecule has 100 valence electrons. The molecule has 0 aromatic carbocycles. The van der Waals surface area contributed by atoms with Gasteiger partial charge in [0.15, 0.2) is 5.75 Å². The van der Waals surface area contributed by atoms with E-state index in [4.69, 9.17) is 5.11 Å². The first kappa shape index (κ1) is 14.4. The number of rotatable bonds is 4. The second kappa shape index (κ2) is 5.82. The van der Waals surface area contributed by atoms with Crippen molar-refractivity contribution in [1.29, 1.82) is 0 Å². The fraction of sp³-hybridized carbons (Fsp3) is 0.909. The summed E-state index contributed by atoms with van der Waals surface area (Å²) in [7, 11) is -3.62. The third-order valence-electron chi connectivity index (χ3n) is 3.37.